The molecule has 0 bridgehead atoms. The van der Waals surface area contributed by atoms with Crippen LogP contribution in [0.4, 0.5) is 17.6 Å². The molecule has 1 N–H and O–H groups in total. The number of aromatic nitrogens is 1. The van der Waals surface area contributed by atoms with Gasteiger partial charge in [-0.15, -0.1) is 0 Å². The van der Waals surface area contributed by atoms with E-state index in [9.17, 15) is 30.8 Å². The summed E-state index contributed by atoms with van der Waals surface area (Å²) in [7, 11) is -3.90. The molecule has 0 aliphatic heterocycles. The summed E-state index contributed by atoms with van der Waals surface area (Å²) in [5.74, 6) is -2.35. The summed E-state index contributed by atoms with van der Waals surface area (Å²) in [6.07, 6.45) is -3.69. The highest BCUT2D eigenvalue weighted by Crippen LogP contribution is 2.29. The summed E-state index contributed by atoms with van der Waals surface area (Å²) in [6, 6.07) is 3.07. The first-order valence-corrected chi connectivity index (χ1v) is 10.9. The van der Waals surface area contributed by atoms with Gasteiger partial charge in [-0.25, -0.2) is 22.5 Å². The molecule has 0 unspecified atom stereocenters. The third-order valence-corrected chi connectivity index (χ3v) is 4.64. The van der Waals surface area contributed by atoms with Gasteiger partial charge in [0.2, 0.25) is 15.9 Å². The summed E-state index contributed by atoms with van der Waals surface area (Å²) in [5.41, 5.74) is -0.457. The molecule has 170 valence electrons. The zero-order chi connectivity index (χ0) is 23.4. The maximum Gasteiger partial charge on any atom is 0.392 e. The molecular formula is C17H14Cl2F4N2O5S. The van der Waals surface area contributed by atoms with E-state index in [-0.39, 0.29) is 33.8 Å². The second-order valence-electron chi connectivity index (χ2n) is 6.09. The van der Waals surface area contributed by atoms with Gasteiger partial charge in [-0.1, -0.05) is 23.2 Å². The van der Waals surface area contributed by atoms with Gasteiger partial charge in [0.1, 0.15) is 23.2 Å². The van der Waals surface area contributed by atoms with Crippen LogP contribution in [-0.2, 0) is 16.6 Å². The molecule has 1 aromatic heterocycles. The Morgan fingerprint density at radius 3 is 2.42 bits per heavy atom. The molecule has 0 aliphatic rings. The predicted octanol–water partition coefficient (Wildman–Crippen LogP) is 4.13. The molecule has 31 heavy (non-hydrogen) atoms. The number of ether oxygens (including phenoxy) is 2. The number of hydrogen-bond donors (Lipinski definition) is 1. The van der Waals surface area contributed by atoms with Crippen molar-refractivity contribution in [2.24, 2.45) is 0 Å². The zero-order valence-electron chi connectivity index (χ0n) is 15.6. The van der Waals surface area contributed by atoms with Crippen LogP contribution in [0.1, 0.15) is 22.3 Å². The average molecular weight is 505 g/mol. The van der Waals surface area contributed by atoms with Crippen molar-refractivity contribution in [1.29, 1.82) is 0 Å². The number of hydrogen-bond acceptors (Lipinski definition) is 6. The Balaban J connectivity index is 2.05. The van der Waals surface area contributed by atoms with Gasteiger partial charge in [-0.3, -0.25) is 4.79 Å². The number of carbonyl (C=O) groups excluding carboxylic acids is 1. The molecule has 2 aromatic rings. The molecule has 0 aliphatic carbocycles. The lowest BCUT2D eigenvalue weighted by Gasteiger charge is -2.12. The second kappa shape index (κ2) is 9.88. The summed E-state index contributed by atoms with van der Waals surface area (Å²) in [4.78, 5) is 15.6. The van der Waals surface area contributed by atoms with Gasteiger partial charge in [-0.2, -0.15) is 13.2 Å². The first-order chi connectivity index (χ1) is 14.2. The van der Waals surface area contributed by atoms with E-state index in [1.807, 2.05) is 0 Å². The minimum absolute atomic E-state index is 0.0776. The van der Waals surface area contributed by atoms with Gasteiger partial charge < -0.3 is 9.47 Å². The van der Waals surface area contributed by atoms with E-state index in [2.05, 4.69) is 4.98 Å². The Bertz CT molecular complexity index is 1080. The van der Waals surface area contributed by atoms with Crippen LogP contribution in [0.2, 0.25) is 10.0 Å². The normalized spacial score (nSPS) is 11.8. The van der Waals surface area contributed by atoms with E-state index in [1.165, 1.54) is 6.07 Å². The summed E-state index contributed by atoms with van der Waals surface area (Å²) >= 11 is 11.9. The number of rotatable bonds is 8. The number of nitrogens with zero attached hydrogens (tertiary/aromatic N) is 1. The lowest BCUT2D eigenvalue weighted by molar-refractivity contribution is -0.139. The quantitative estimate of drug-likeness (QED) is 0.543. The van der Waals surface area contributed by atoms with E-state index < -0.39 is 46.5 Å². The van der Waals surface area contributed by atoms with Gasteiger partial charge in [-0.05, 0) is 12.1 Å². The number of benzene rings is 1. The minimum atomic E-state index is -4.38. The molecule has 7 nitrogen and oxygen atoms in total. The highest BCUT2D eigenvalue weighted by molar-refractivity contribution is 7.89. The monoisotopic (exact) mass is 504 g/mol. The highest BCUT2D eigenvalue weighted by Gasteiger charge is 2.27. The highest BCUT2D eigenvalue weighted by atomic mass is 35.5. The third-order valence-electron chi connectivity index (χ3n) is 3.46. The van der Waals surface area contributed by atoms with Crippen molar-refractivity contribution in [1.82, 2.24) is 9.71 Å². The maximum absolute atomic E-state index is 14.2. The molecular weight excluding hydrogens is 491 g/mol. The molecule has 2 rings (SSSR count). The van der Waals surface area contributed by atoms with Gasteiger partial charge in [0.15, 0.2) is 0 Å². The fourth-order valence-corrected chi connectivity index (χ4v) is 2.99. The minimum Gasteiger partial charge on any atom is -0.487 e. The van der Waals surface area contributed by atoms with Gasteiger partial charge >= 0.3 is 6.18 Å². The Labute approximate surface area is 184 Å². The third kappa shape index (κ3) is 8.04. The standard InChI is InChI=1S/C17H14Cl2F4N2O5S/c1-31(27,28)25-15(26)11-6-12(18)9(4-14(11)20)8-30-10-5-13(19)16(24-7-10)29-3-2-17(21,22)23/h4-7H,2-3,8H2,1H3,(H,25,26). The van der Waals surface area contributed by atoms with Crippen molar-refractivity contribution in [3.05, 3.63) is 51.4 Å². The first kappa shape index (κ1) is 25.0. The van der Waals surface area contributed by atoms with Crippen LogP contribution in [0.25, 0.3) is 0 Å². The van der Waals surface area contributed by atoms with Crippen LogP contribution in [0.3, 0.4) is 0 Å². The number of carbonyl (C=O) groups is 1. The van der Waals surface area contributed by atoms with Crippen LogP contribution >= 0.6 is 23.2 Å². The molecule has 0 spiro atoms. The van der Waals surface area contributed by atoms with E-state index in [0.29, 0.717) is 0 Å². The van der Waals surface area contributed by atoms with E-state index in [0.717, 1.165) is 24.6 Å². The number of pyridine rings is 1. The second-order valence-corrected chi connectivity index (χ2v) is 8.65. The van der Waals surface area contributed by atoms with E-state index in [4.69, 9.17) is 32.7 Å². The smallest absolute Gasteiger partial charge is 0.392 e. The van der Waals surface area contributed by atoms with Gasteiger partial charge in [0.25, 0.3) is 5.91 Å². The van der Waals surface area contributed by atoms with Gasteiger partial charge in [0.05, 0.1) is 31.0 Å². The molecule has 1 amide bonds. The Hall–Kier alpha value is -2.31. The van der Waals surface area contributed by atoms with Crippen molar-refractivity contribution >= 4 is 39.1 Å². The molecule has 0 radical (unpaired) electrons. The zero-order valence-corrected chi connectivity index (χ0v) is 17.9. The Kier molecular flexibility index (Phi) is 7.95. The molecule has 1 heterocycles. The van der Waals surface area contributed by atoms with Crippen LogP contribution in [0, 0.1) is 5.82 Å². The average Bonchev–Trinajstić information content (AvgIpc) is 2.61. The molecule has 0 fully saturated rings. The number of alkyl halides is 3. The van der Waals surface area contributed by atoms with Crippen LogP contribution in [0.5, 0.6) is 11.6 Å². The van der Waals surface area contributed by atoms with Crippen LogP contribution in [0.15, 0.2) is 24.4 Å². The van der Waals surface area contributed by atoms with Gasteiger partial charge in [0, 0.05) is 16.7 Å². The Morgan fingerprint density at radius 2 is 1.84 bits per heavy atom. The van der Waals surface area contributed by atoms with Crippen LogP contribution < -0.4 is 14.2 Å². The fourth-order valence-electron chi connectivity index (χ4n) is 2.11. The van der Waals surface area contributed by atoms with Crippen molar-refractivity contribution < 1.29 is 40.2 Å². The van der Waals surface area contributed by atoms with Crippen molar-refractivity contribution in [2.45, 2.75) is 19.2 Å². The number of halogens is 6. The summed E-state index contributed by atoms with van der Waals surface area (Å²) in [5, 5.41) is -0.184. The predicted molar refractivity (Wildman–Crippen MR) is 103 cm³/mol. The topological polar surface area (TPSA) is 94.6 Å². The number of nitrogens with one attached hydrogen (secondary N) is 1. The maximum atomic E-state index is 14.2. The number of amides is 1. The van der Waals surface area contributed by atoms with Crippen LogP contribution in [-0.4, -0.2) is 38.3 Å². The number of sulfonamides is 1. The fraction of sp³-hybridized carbons (Fsp3) is 0.294. The molecule has 0 saturated heterocycles. The van der Waals surface area contributed by atoms with E-state index >= 15 is 0 Å². The molecule has 1 aromatic carbocycles. The first-order valence-electron chi connectivity index (χ1n) is 8.23. The van der Waals surface area contributed by atoms with Crippen molar-refractivity contribution in [2.75, 3.05) is 12.9 Å². The summed E-state index contributed by atoms with van der Waals surface area (Å²) < 4.78 is 84.7. The lowest BCUT2D eigenvalue weighted by Crippen LogP contribution is -2.30. The van der Waals surface area contributed by atoms with Crippen molar-refractivity contribution in [3.63, 3.8) is 0 Å². The Morgan fingerprint density at radius 1 is 1.16 bits per heavy atom. The molecule has 14 heteroatoms. The summed E-state index contributed by atoms with van der Waals surface area (Å²) in [6.45, 7) is -0.944. The van der Waals surface area contributed by atoms with E-state index in [1.54, 1.807) is 4.72 Å². The van der Waals surface area contributed by atoms with Crippen molar-refractivity contribution in [3.8, 4) is 11.6 Å². The largest absolute Gasteiger partial charge is 0.487 e. The SMILES string of the molecule is CS(=O)(=O)NC(=O)c1cc(Cl)c(COc2cnc(OCCC(F)(F)F)c(Cl)c2)cc1F. The lowest BCUT2D eigenvalue weighted by atomic mass is 10.1. The molecule has 0 saturated carbocycles. The molecule has 0 atom stereocenters.